The largest absolute Gasteiger partial charge is 0.493 e. The van der Waals surface area contributed by atoms with Gasteiger partial charge in [-0.3, -0.25) is 0 Å². The molecule has 1 aliphatic rings. The quantitative estimate of drug-likeness (QED) is 0.532. The SMILES string of the molecule is CCOC(=O)C1=C(C)NC(=S)NC1c1ccc(OCc2ccccc2)c(OC)c1. The van der Waals surface area contributed by atoms with Gasteiger partial charge in [-0.15, -0.1) is 0 Å². The second-order valence-corrected chi connectivity index (χ2v) is 6.88. The van der Waals surface area contributed by atoms with Crippen LogP contribution in [0.5, 0.6) is 11.5 Å². The summed E-state index contributed by atoms with van der Waals surface area (Å²) in [5, 5.41) is 6.58. The molecule has 0 spiro atoms. The number of carbonyl (C=O) groups is 1. The minimum Gasteiger partial charge on any atom is -0.493 e. The fourth-order valence-electron chi connectivity index (χ4n) is 3.14. The Morgan fingerprint density at radius 3 is 2.59 bits per heavy atom. The first kappa shape index (κ1) is 20.7. The first-order valence-electron chi connectivity index (χ1n) is 9.33. The highest BCUT2D eigenvalue weighted by molar-refractivity contribution is 7.80. The average molecular weight is 413 g/mol. The van der Waals surface area contributed by atoms with Gasteiger partial charge in [0.15, 0.2) is 16.6 Å². The molecule has 1 heterocycles. The van der Waals surface area contributed by atoms with Crippen LogP contribution < -0.4 is 20.1 Å². The van der Waals surface area contributed by atoms with E-state index in [1.54, 1.807) is 21.0 Å². The molecule has 152 valence electrons. The van der Waals surface area contributed by atoms with Crippen LogP contribution in [-0.4, -0.2) is 24.8 Å². The Hall–Kier alpha value is -3.06. The van der Waals surface area contributed by atoms with Crippen molar-refractivity contribution >= 4 is 23.3 Å². The van der Waals surface area contributed by atoms with Crippen LogP contribution in [-0.2, 0) is 16.1 Å². The number of ether oxygens (including phenoxy) is 3. The van der Waals surface area contributed by atoms with Gasteiger partial charge in [-0.05, 0) is 49.3 Å². The smallest absolute Gasteiger partial charge is 0.338 e. The predicted octanol–water partition coefficient (Wildman–Crippen LogP) is 3.63. The lowest BCUT2D eigenvalue weighted by molar-refractivity contribution is -0.139. The van der Waals surface area contributed by atoms with Gasteiger partial charge in [0.1, 0.15) is 6.61 Å². The molecule has 0 amide bonds. The van der Waals surface area contributed by atoms with Crippen molar-refractivity contribution in [1.82, 2.24) is 10.6 Å². The number of methoxy groups -OCH3 is 1. The lowest BCUT2D eigenvalue weighted by Gasteiger charge is -2.30. The summed E-state index contributed by atoms with van der Waals surface area (Å²) in [5.41, 5.74) is 3.04. The normalized spacial score (nSPS) is 16.0. The number of nitrogens with one attached hydrogen (secondary N) is 2. The molecule has 3 rings (SSSR count). The molecular weight excluding hydrogens is 388 g/mol. The van der Waals surface area contributed by atoms with Crippen LogP contribution in [0.15, 0.2) is 59.8 Å². The number of rotatable bonds is 7. The lowest BCUT2D eigenvalue weighted by Crippen LogP contribution is -2.45. The number of esters is 1. The Balaban J connectivity index is 1.88. The van der Waals surface area contributed by atoms with Crippen LogP contribution in [0.4, 0.5) is 0 Å². The summed E-state index contributed by atoms with van der Waals surface area (Å²) in [5.74, 6) is 0.807. The van der Waals surface area contributed by atoms with E-state index in [2.05, 4.69) is 10.6 Å². The summed E-state index contributed by atoms with van der Waals surface area (Å²) >= 11 is 5.28. The molecular formula is C22H24N2O4S. The van der Waals surface area contributed by atoms with Crippen LogP contribution in [0.1, 0.15) is 31.0 Å². The van der Waals surface area contributed by atoms with Crippen LogP contribution in [0, 0.1) is 0 Å². The monoisotopic (exact) mass is 412 g/mol. The fraction of sp³-hybridized carbons (Fsp3) is 0.273. The van der Waals surface area contributed by atoms with Crippen molar-refractivity contribution < 1.29 is 19.0 Å². The van der Waals surface area contributed by atoms with Crippen LogP contribution >= 0.6 is 12.2 Å². The molecule has 0 saturated heterocycles. The van der Waals surface area contributed by atoms with E-state index < -0.39 is 6.04 Å². The van der Waals surface area contributed by atoms with Gasteiger partial charge in [-0.1, -0.05) is 36.4 Å². The predicted molar refractivity (Wildman–Crippen MR) is 115 cm³/mol. The number of hydrogen-bond acceptors (Lipinski definition) is 5. The lowest BCUT2D eigenvalue weighted by atomic mass is 9.95. The van der Waals surface area contributed by atoms with Crippen LogP contribution in [0.3, 0.4) is 0 Å². The molecule has 7 heteroatoms. The first-order valence-corrected chi connectivity index (χ1v) is 9.74. The molecule has 1 unspecified atom stereocenters. The topological polar surface area (TPSA) is 68.8 Å². The Morgan fingerprint density at radius 1 is 1.14 bits per heavy atom. The number of carbonyl (C=O) groups excluding carboxylic acids is 1. The molecule has 1 aliphatic heterocycles. The molecule has 2 aromatic rings. The molecule has 0 bridgehead atoms. The molecule has 0 fully saturated rings. The molecule has 6 nitrogen and oxygen atoms in total. The van der Waals surface area contributed by atoms with Crippen molar-refractivity contribution in [1.29, 1.82) is 0 Å². The highest BCUT2D eigenvalue weighted by atomic mass is 32.1. The Kier molecular flexibility index (Phi) is 6.72. The zero-order valence-electron chi connectivity index (χ0n) is 16.7. The third-order valence-corrected chi connectivity index (χ3v) is 4.74. The van der Waals surface area contributed by atoms with Crippen LogP contribution in [0.2, 0.25) is 0 Å². The van der Waals surface area contributed by atoms with Gasteiger partial charge < -0.3 is 24.8 Å². The number of hydrogen-bond donors (Lipinski definition) is 2. The van der Waals surface area contributed by atoms with E-state index in [1.165, 1.54) is 0 Å². The summed E-state index contributed by atoms with van der Waals surface area (Å²) in [6.45, 7) is 4.31. The Morgan fingerprint density at radius 2 is 1.90 bits per heavy atom. The number of benzene rings is 2. The molecule has 0 saturated carbocycles. The number of thiocarbonyl (C=S) groups is 1. The summed E-state index contributed by atoms with van der Waals surface area (Å²) in [7, 11) is 1.59. The number of allylic oxidation sites excluding steroid dienone is 1. The van der Waals surface area contributed by atoms with Crippen molar-refractivity contribution in [2.45, 2.75) is 26.5 Å². The van der Waals surface area contributed by atoms with Gasteiger partial charge in [-0.2, -0.15) is 0 Å². The third-order valence-electron chi connectivity index (χ3n) is 4.52. The molecule has 2 aromatic carbocycles. The zero-order valence-corrected chi connectivity index (χ0v) is 17.5. The standard InChI is InChI=1S/C22H24N2O4S/c1-4-27-21(25)19-14(2)23-22(29)24-20(19)16-10-11-17(18(12-16)26-3)28-13-15-8-6-5-7-9-15/h5-12,20H,4,13H2,1-3H3,(H2,23,24,29). The fourth-order valence-corrected chi connectivity index (χ4v) is 3.41. The maximum Gasteiger partial charge on any atom is 0.338 e. The van der Waals surface area contributed by atoms with Gasteiger partial charge in [0.2, 0.25) is 0 Å². The molecule has 0 aromatic heterocycles. The Labute approximate surface area is 175 Å². The van der Waals surface area contributed by atoms with E-state index in [0.29, 0.717) is 41.1 Å². The minimum atomic E-state index is -0.445. The van der Waals surface area contributed by atoms with Crippen molar-refractivity contribution in [3.63, 3.8) is 0 Å². The van der Waals surface area contributed by atoms with Crippen molar-refractivity contribution in [3.05, 3.63) is 70.9 Å². The second kappa shape index (κ2) is 9.43. The first-order chi connectivity index (χ1) is 14.0. The molecule has 0 radical (unpaired) electrons. The molecule has 2 N–H and O–H groups in total. The van der Waals surface area contributed by atoms with Gasteiger partial charge in [-0.25, -0.2) is 4.79 Å². The summed E-state index contributed by atoms with van der Waals surface area (Å²) in [6.07, 6.45) is 0. The van der Waals surface area contributed by atoms with Crippen LogP contribution in [0.25, 0.3) is 0 Å². The van der Waals surface area contributed by atoms with Crippen molar-refractivity contribution in [2.75, 3.05) is 13.7 Å². The van der Waals surface area contributed by atoms with E-state index in [9.17, 15) is 4.79 Å². The summed E-state index contributed by atoms with van der Waals surface area (Å²) in [6, 6.07) is 15.0. The van der Waals surface area contributed by atoms with Crippen molar-refractivity contribution in [2.24, 2.45) is 0 Å². The van der Waals surface area contributed by atoms with Crippen molar-refractivity contribution in [3.8, 4) is 11.5 Å². The van der Waals surface area contributed by atoms with Gasteiger partial charge in [0.25, 0.3) is 0 Å². The Bertz CT molecular complexity index is 928. The summed E-state index contributed by atoms with van der Waals surface area (Å²) in [4.78, 5) is 12.5. The van der Waals surface area contributed by atoms with E-state index >= 15 is 0 Å². The van der Waals surface area contributed by atoms with E-state index in [-0.39, 0.29) is 5.97 Å². The highest BCUT2D eigenvalue weighted by Crippen LogP contribution is 2.35. The van der Waals surface area contributed by atoms with E-state index in [1.807, 2.05) is 48.5 Å². The van der Waals surface area contributed by atoms with Gasteiger partial charge in [0.05, 0.1) is 25.3 Å². The average Bonchev–Trinajstić information content (AvgIpc) is 2.72. The van der Waals surface area contributed by atoms with E-state index in [0.717, 1.165) is 11.1 Å². The summed E-state index contributed by atoms with van der Waals surface area (Å²) < 4.78 is 16.7. The third kappa shape index (κ3) is 4.86. The maximum absolute atomic E-state index is 12.5. The molecule has 29 heavy (non-hydrogen) atoms. The zero-order chi connectivity index (χ0) is 20.8. The van der Waals surface area contributed by atoms with Gasteiger partial charge >= 0.3 is 5.97 Å². The maximum atomic E-state index is 12.5. The highest BCUT2D eigenvalue weighted by Gasteiger charge is 2.31. The minimum absolute atomic E-state index is 0.294. The van der Waals surface area contributed by atoms with E-state index in [4.69, 9.17) is 26.4 Å². The molecule has 1 atom stereocenters. The van der Waals surface area contributed by atoms with Gasteiger partial charge in [0, 0.05) is 5.70 Å². The molecule has 0 aliphatic carbocycles. The second-order valence-electron chi connectivity index (χ2n) is 6.48.